The van der Waals surface area contributed by atoms with Gasteiger partial charge >= 0.3 is 5.97 Å². The van der Waals surface area contributed by atoms with Crippen LogP contribution in [0.4, 0.5) is 5.69 Å². The van der Waals surface area contributed by atoms with E-state index < -0.39 is 21.9 Å². The summed E-state index contributed by atoms with van der Waals surface area (Å²) in [6.07, 6.45) is -0.292. The van der Waals surface area contributed by atoms with Crippen molar-refractivity contribution in [2.24, 2.45) is 0 Å². The normalized spacial score (nSPS) is 11.2. The van der Waals surface area contributed by atoms with Gasteiger partial charge in [-0.05, 0) is 50.2 Å². The summed E-state index contributed by atoms with van der Waals surface area (Å²) < 4.78 is 31.8. The lowest BCUT2D eigenvalue weighted by Gasteiger charge is -2.20. The van der Waals surface area contributed by atoms with Crippen molar-refractivity contribution in [3.8, 4) is 0 Å². The van der Waals surface area contributed by atoms with Crippen molar-refractivity contribution in [2.45, 2.75) is 24.8 Å². The molecule has 0 aromatic heterocycles. The highest BCUT2D eigenvalue weighted by Crippen LogP contribution is 2.25. The van der Waals surface area contributed by atoms with Crippen molar-refractivity contribution in [3.63, 3.8) is 0 Å². The van der Waals surface area contributed by atoms with E-state index >= 15 is 0 Å². The minimum atomic E-state index is -3.91. The number of ether oxygens (including phenoxy) is 1. The first kappa shape index (κ1) is 21.7. The molecule has 9 heteroatoms. The summed E-state index contributed by atoms with van der Waals surface area (Å²) in [6, 6.07) is 12.0. The van der Waals surface area contributed by atoms with Crippen LogP contribution in [-0.2, 0) is 19.6 Å². The SMILES string of the molecule is CC(C)OC(=O)CNC(=O)c1cccc(S(=O)(=O)N(C)c2cccc(Cl)c2)c1. The fourth-order valence-electron chi connectivity index (χ4n) is 2.33. The van der Waals surface area contributed by atoms with Crippen molar-refractivity contribution in [1.82, 2.24) is 5.32 Å². The molecule has 2 rings (SSSR count). The molecule has 1 N–H and O–H groups in total. The van der Waals surface area contributed by atoms with Crippen molar-refractivity contribution < 1.29 is 22.7 Å². The number of nitrogens with one attached hydrogen (secondary N) is 1. The zero-order valence-electron chi connectivity index (χ0n) is 15.7. The van der Waals surface area contributed by atoms with E-state index in [1.165, 1.54) is 37.4 Å². The average Bonchev–Trinajstić information content (AvgIpc) is 2.65. The van der Waals surface area contributed by atoms with Crippen LogP contribution in [0.15, 0.2) is 53.4 Å². The number of rotatable bonds is 7. The lowest BCUT2D eigenvalue weighted by Crippen LogP contribution is -2.32. The first-order chi connectivity index (χ1) is 13.1. The Morgan fingerprint density at radius 1 is 1.14 bits per heavy atom. The summed E-state index contributed by atoms with van der Waals surface area (Å²) in [5, 5.41) is 2.82. The molecule has 0 fully saturated rings. The van der Waals surface area contributed by atoms with E-state index in [1.807, 2.05) is 0 Å². The van der Waals surface area contributed by atoms with Crippen LogP contribution in [-0.4, -0.2) is 40.0 Å². The Bertz CT molecular complexity index is 976. The zero-order chi connectivity index (χ0) is 20.9. The summed E-state index contributed by atoms with van der Waals surface area (Å²) in [6.45, 7) is 3.09. The van der Waals surface area contributed by atoms with Gasteiger partial charge in [-0.2, -0.15) is 0 Å². The van der Waals surface area contributed by atoms with Crippen molar-refractivity contribution in [1.29, 1.82) is 0 Å². The van der Waals surface area contributed by atoms with E-state index in [4.69, 9.17) is 16.3 Å². The number of esters is 1. The highest BCUT2D eigenvalue weighted by molar-refractivity contribution is 7.92. The molecular weight excluding hydrogens is 404 g/mol. The number of sulfonamides is 1. The summed E-state index contributed by atoms with van der Waals surface area (Å²) >= 11 is 5.93. The predicted molar refractivity (Wildman–Crippen MR) is 107 cm³/mol. The van der Waals surface area contributed by atoms with Gasteiger partial charge < -0.3 is 10.1 Å². The molecule has 2 aromatic rings. The Labute approximate surface area is 169 Å². The standard InChI is InChI=1S/C19H21ClN2O5S/c1-13(2)27-18(23)12-21-19(24)14-6-4-9-17(10-14)28(25,26)22(3)16-8-5-7-15(20)11-16/h4-11,13H,12H2,1-3H3,(H,21,24). The molecule has 0 aliphatic heterocycles. The summed E-state index contributed by atoms with van der Waals surface area (Å²) in [5.74, 6) is -1.16. The molecule has 0 bridgehead atoms. The van der Waals surface area contributed by atoms with Crippen LogP contribution in [0.5, 0.6) is 0 Å². The van der Waals surface area contributed by atoms with Gasteiger partial charge in [-0.3, -0.25) is 13.9 Å². The van der Waals surface area contributed by atoms with Crippen LogP contribution in [0.1, 0.15) is 24.2 Å². The van der Waals surface area contributed by atoms with Gasteiger partial charge in [0, 0.05) is 17.6 Å². The second-order valence-corrected chi connectivity index (χ2v) is 8.61. The number of nitrogens with zero attached hydrogens (tertiary/aromatic N) is 1. The minimum Gasteiger partial charge on any atom is -0.462 e. The largest absolute Gasteiger partial charge is 0.462 e. The van der Waals surface area contributed by atoms with Crippen LogP contribution >= 0.6 is 11.6 Å². The van der Waals surface area contributed by atoms with Crippen molar-refractivity contribution in [2.75, 3.05) is 17.9 Å². The smallest absolute Gasteiger partial charge is 0.325 e. The van der Waals surface area contributed by atoms with Crippen LogP contribution in [0, 0.1) is 0 Å². The number of hydrogen-bond donors (Lipinski definition) is 1. The van der Waals surface area contributed by atoms with E-state index in [2.05, 4.69) is 5.32 Å². The molecule has 1 amide bonds. The predicted octanol–water partition coefficient (Wildman–Crippen LogP) is 2.85. The maximum Gasteiger partial charge on any atom is 0.325 e. The Balaban J connectivity index is 2.19. The lowest BCUT2D eigenvalue weighted by molar-refractivity contribution is -0.146. The highest BCUT2D eigenvalue weighted by Gasteiger charge is 2.23. The van der Waals surface area contributed by atoms with Gasteiger partial charge in [0.15, 0.2) is 0 Å². The van der Waals surface area contributed by atoms with E-state index in [9.17, 15) is 18.0 Å². The number of anilines is 1. The molecule has 0 heterocycles. The highest BCUT2D eigenvalue weighted by atomic mass is 35.5. The van der Waals surface area contributed by atoms with E-state index in [1.54, 1.807) is 32.0 Å². The molecule has 7 nitrogen and oxygen atoms in total. The molecule has 28 heavy (non-hydrogen) atoms. The lowest BCUT2D eigenvalue weighted by atomic mass is 10.2. The topological polar surface area (TPSA) is 92.8 Å². The third kappa shape index (κ3) is 5.46. The molecular formula is C19H21ClN2O5S. The van der Waals surface area contributed by atoms with E-state index in [0.29, 0.717) is 10.7 Å². The van der Waals surface area contributed by atoms with Gasteiger partial charge in [0.2, 0.25) is 0 Å². The maximum absolute atomic E-state index is 12.9. The van der Waals surface area contributed by atoms with Crippen LogP contribution in [0.25, 0.3) is 0 Å². The molecule has 0 saturated carbocycles. The summed E-state index contributed by atoms with van der Waals surface area (Å²) in [4.78, 5) is 23.7. The number of carbonyl (C=O) groups excluding carboxylic acids is 2. The first-order valence-electron chi connectivity index (χ1n) is 8.43. The molecule has 0 unspecified atom stereocenters. The number of carbonyl (C=O) groups is 2. The van der Waals surface area contributed by atoms with Gasteiger partial charge in [-0.1, -0.05) is 23.7 Å². The molecule has 150 valence electrons. The zero-order valence-corrected chi connectivity index (χ0v) is 17.3. The van der Waals surface area contributed by atoms with Crippen LogP contribution < -0.4 is 9.62 Å². The number of halogens is 1. The third-order valence-electron chi connectivity index (χ3n) is 3.69. The summed E-state index contributed by atoms with van der Waals surface area (Å²) in [5.41, 5.74) is 0.497. The minimum absolute atomic E-state index is 0.0626. The molecule has 0 atom stereocenters. The monoisotopic (exact) mass is 424 g/mol. The molecule has 0 spiro atoms. The average molecular weight is 425 g/mol. The Hall–Kier alpha value is -2.58. The van der Waals surface area contributed by atoms with Gasteiger partial charge in [-0.15, -0.1) is 0 Å². The fraction of sp³-hybridized carbons (Fsp3) is 0.263. The molecule has 0 radical (unpaired) electrons. The van der Waals surface area contributed by atoms with Crippen LogP contribution in [0.3, 0.4) is 0 Å². The van der Waals surface area contributed by atoms with Gasteiger partial charge in [0.1, 0.15) is 6.54 Å². The molecule has 0 saturated heterocycles. The Morgan fingerprint density at radius 3 is 2.46 bits per heavy atom. The second-order valence-electron chi connectivity index (χ2n) is 6.20. The van der Waals surface area contributed by atoms with Gasteiger partial charge in [-0.25, -0.2) is 8.42 Å². The Morgan fingerprint density at radius 2 is 1.82 bits per heavy atom. The number of amides is 1. The molecule has 2 aromatic carbocycles. The van der Waals surface area contributed by atoms with Crippen LogP contribution in [0.2, 0.25) is 5.02 Å². The maximum atomic E-state index is 12.9. The quantitative estimate of drug-likeness (QED) is 0.690. The van der Waals surface area contributed by atoms with Gasteiger partial charge in [0.25, 0.3) is 15.9 Å². The number of benzene rings is 2. The third-order valence-corrected chi connectivity index (χ3v) is 5.70. The van der Waals surface area contributed by atoms with Crippen molar-refractivity contribution >= 4 is 39.2 Å². The number of hydrogen-bond acceptors (Lipinski definition) is 5. The second kappa shape index (κ2) is 9.07. The van der Waals surface area contributed by atoms with E-state index in [-0.39, 0.29) is 23.1 Å². The van der Waals surface area contributed by atoms with Gasteiger partial charge in [0.05, 0.1) is 16.7 Å². The Kier molecular flexibility index (Phi) is 7.04. The molecule has 0 aliphatic carbocycles. The summed E-state index contributed by atoms with van der Waals surface area (Å²) in [7, 11) is -2.51. The van der Waals surface area contributed by atoms with Crippen molar-refractivity contribution in [3.05, 3.63) is 59.1 Å². The fourth-order valence-corrected chi connectivity index (χ4v) is 3.74. The molecule has 0 aliphatic rings. The van der Waals surface area contributed by atoms with E-state index in [0.717, 1.165) is 4.31 Å². The first-order valence-corrected chi connectivity index (χ1v) is 10.3.